The Hall–Kier alpha value is -1.84. The van der Waals surface area contributed by atoms with Gasteiger partial charge in [0.15, 0.2) is 0 Å². The Morgan fingerprint density at radius 1 is 1.16 bits per heavy atom. The molecule has 3 heteroatoms. The Morgan fingerprint density at radius 2 is 1.88 bits per heavy atom. The summed E-state index contributed by atoms with van der Waals surface area (Å²) >= 11 is 0. The Kier molecular flexibility index (Phi) is 5.77. The predicted octanol–water partition coefficient (Wildman–Crippen LogP) is 4.04. The standard InChI is InChI=1S/C22H29NO2/c1-17(25-21-5-3-2-4-6-21)7-8-18-9-11-19(12-10-18)20-13-14-22(23,15-20)16-24/h2-6,9-12,17,20,24H,7-8,13-16,23H2,1H3/t17-,20-,22+/m1/s1. The van der Waals surface area contributed by atoms with Crippen LogP contribution < -0.4 is 10.5 Å². The minimum absolute atomic E-state index is 0.0842. The Bertz CT molecular complexity index is 655. The van der Waals surface area contributed by atoms with Gasteiger partial charge in [-0.3, -0.25) is 0 Å². The van der Waals surface area contributed by atoms with Crippen molar-refractivity contribution in [3.05, 3.63) is 65.7 Å². The van der Waals surface area contributed by atoms with E-state index in [2.05, 4.69) is 31.2 Å². The van der Waals surface area contributed by atoms with Crippen molar-refractivity contribution in [1.29, 1.82) is 0 Å². The van der Waals surface area contributed by atoms with Crippen molar-refractivity contribution >= 4 is 0 Å². The number of nitrogens with two attached hydrogens (primary N) is 1. The van der Waals surface area contributed by atoms with Crippen molar-refractivity contribution in [1.82, 2.24) is 0 Å². The number of rotatable bonds is 7. The van der Waals surface area contributed by atoms with Crippen LogP contribution in [-0.2, 0) is 6.42 Å². The van der Waals surface area contributed by atoms with Crippen LogP contribution >= 0.6 is 0 Å². The van der Waals surface area contributed by atoms with Gasteiger partial charge in [0.05, 0.1) is 12.7 Å². The van der Waals surface area contributed by atoms with E-state index in [9.17, 15) is 5.11 Å². The molecular formula is C22H29NO2. The summed E-state index contributed by atoms with van der Waals surface area (Å²) < 4.78 is 5.94. The van der Waals surface area contributed by atoms with Crippen molar-refractivity contribution in [3.63, 3.8) is 0 Å². The van der Waals surface area contributed by atoms with Crippen molar-refractivity contribution in [2.45, 2.75) is 56.6 Å². The molecular weight excluding hydrogens is 310 g/mol. The Morgan fingerprint density at radius 3 is 2.52 bits per heavy atom. The minimum Gasteiger partial charge on any atom is -0.491 e. The molecule has 1 aliphatic carbocycles. The second-order valence-corrected chi connectivity index (χ2v) is 7.48. The van der Waals surface area contributed by atoms with Crippen LogP contribution in [0.2, 0.25) is 0 Å². The third-order valence-electron chi connectivity index (χ3n) is 5.33. The first kappa shape index (κ1) is 18.0. The molecule has 0 radical (unpaired) electrons. The van der Waals surface area contributed by atoms with Gasteiger partial charge in [0.2, 0.25) is 0 Å². The minimum atomic E-state index is -0.381. The van der Waals surface area contributed by atoms with Crippen LogP contribution in [-0.4, -0.2) is 23.4 Å². The maximum absolute atomic E-state index is 9.42. The highest BCUT2D eigenvalue weighted by Gasteiger charge is 2.35. The van der Waals surface area contributed by atoms with Gasteiger partial charge in [-0.2, -0.15) is 0 Å². The number of benzene rings is 2. The van der Waals surface area contributed by atoms with Crippen LogP contribution in [0.5, 0.6) is 5.75 Å². The summed E-state index contributed by atoms with van der Waals surface area (Å²) in [6.07, 6.45) is 5.05. The molecule has 0 unspecified atom stereocenters. The first-order chi connectivity index (χ1) is 12.1. The largest absolute Gasteiger partial charge is 0.491 e. The summed E-state index contributed by atoms with van der Waals surface area (Å²) in [5.74, 6) is 1.41. The molecule has 0 bridgehead atoms. The summed E-state index contributed by atoms with van der Waals surface area (Å²) in [6, 6.07) is 18.9. The molecule has 2 aromatic carbocycles. The van der Waals surface area contributed by atoms with Crippen molar-refractivity contribution in [2.24, 2.45) is 5.73 Å². The van der Waals surface area contributed by atoms with Crippen molar-refractivity contribution < 1.29 is 9.84 Å². The van der Waals surface area contributed by atoms with Gasteiger partial charge in [0.1, 0.15) is 5.75 Å². The van der Waals surface area contributed by atoms with Gasteiger partial charge >= 0.3 is 0 Å². The number of aliphatic hydroxyl groups is 1. The summed E-state index contributed by atoms with van der Waals surface area (Å²) in [5, 5.41) is 9.42. The lowest BCUT2D eigenvalue weighted by molar-refractivity contribution is 0.198. The van der Waals surface area contributed by atoms with Crippen LogP contribution in [0.15, 0.2) is 54.6 Å². The van der Waals surface area contributed by atoms with E-state index in [0.29, 0.717) is 5.92 Å². The maximum Gasteiger partial charge on any atom is 0.119 e. The highest BCUT2D eigenvalue weighted by Crippen LogP contribution is 2.39. The maximum atomic E-state index is 9.42. The Labute approximate surface area is 150 Å². The van der Waals surface area contributed by atoms with Gasteiger partial charge in [-0.05, 0) is 68.2 Å². The number of aliphatic hydroxyl groups excluding tert-OH is 1. The van der Waals surface area contributed by atoms with E-state index in [4.69, 9.17) is 10.5 Å². The zero-order valence-corrected chi connectivity index (χ0v) is 15.0. The van der Waals surface area contributed by atoms with Gasteiger partial charge in [-0.25, -0.2) is 0 Å². The zero-order valence-electron chi connectivity index (χ0n) is 15.0. The van der Waals surface area contributed by atoms with Crippen molar-refractivity contribution in [2.75, 3.05) is 6.61 Å². The Balaban J connectivity index is 1.49. The summed E-state index contributed by atoms with van der Waals surface area (Å²) in [7, 11) is 0. The molecule has 25 heavy (non-hydrogen) atoms. The quantitative estimate of drug-likeness (QED) is 0.800. The van der Waals surface area contributed by atoms with Gasteiger partial charge in [0.25, 0.3) is 0 Å². The average molecular weight is 339 g/mol. The first-order valence-electron chi connectivity index (χ1n) is 9.28. The lowest BCUT2D eigenvalue weighted by Gasteiger charge is -2.21. The second-order valence-electron chi connectivity index (χ2n) is 7.48. The summed E-state index contributed by atoms with van der Waals surface area (Å²) in [6.45, 7) is 2.20. The number of para-hydroxylation sites is 1. The van der Waals surface area contributed by atoms with E-state index in [1.807, 2.05) is 30.3 Å². The SMILES string of the molecule is C[C@H](CCc1ccc([C@@H]2CC[C@@](N)(CO)C2)cc1)Oc1ccccc1. The van der Waals surface area contributed by atoms with E-state index < -0.39 is 0 Å². The molecule has 2 aromatic rings. The lowest BCUT2D eigenvalue weighted by atomic mass is 9.92. The van der Waals surface area contributed by atoms with E-state index in [1.54, 1.807) is 0 Å². The van der Waals surface area contributed by atoms with E-state index in [0.717, 1.165) is 37.9 Å². The molecule has 1 fully saturated rings. The van der Waals surface area contributed by atoms with Gasteiger partial charge < -0.3 is 15.6 Å². The second kappa shape index (κ2) is 8.03. The lowest BCUT2D eigenvalue weighted by Crippen LogP contribution is -2.40. The number of ether oxygens (including phenoxy) is 1. The molecule has 3 atom stereocenters. The number of aryl methyl sites for hydroxylation is 1. The van der Waals surface area contributed by atoms with Crippen LogP contribution in [0, 0.1) is 0 Å². The average Bonchev–Trinajstić information content (AvgIpc) is 3.04. The highest BCUT2D eigenvalue weighted by atomic mass is 16.5. The molecule has 134 valence electrons. The molecule has 0 aliphatic heterocycles. The number of hydrogen-bond donors (Lipinski definition) is 2. The van der Waals surface area contributed by atoms with Crippen LogP contribution in [0.25, 0.3) is 0 Å². The van der Waals surface area contributed by atoms with Crippen LogP contribution in [0.4, 0.5) is 0 Å². The third-order valence-corrected chi connectivity index (χ3v) is 5.33. The van der Waals surface area contributed by atoms with E-state index >= 15 is 0 Å². The molecule has 0 heterocycles. The molecule has 0 aromatic heterocycles. The normalized spacial score (nSPS) is 24.2. The summed E-state index contributed by atoms with van der Waals surface area (Å²) in [5.41, 5.74) is 8.50. The molecule has 1 aliphatic rings. The smallest absolute Gasteiger partial charge is 0.119 e. The monoisotopic (exact) mass is 339 g/mol. The van der Waals surface area contributed by atoms with E-state index in [1.165, 1.54) is 11.1 Å². The fourth-order valence-electron chi connectivity index (χ4n) is 3.70. The van der Waals surface area contributed by atoms with Gasteiger partial charge in [-0.1, -0.05) is 42.5 Å². The molecule has 3 nitrogen and oxygen atoms in total. The zero-order chi connectivity index (χ0) is 17.7. The molecule has 1 saturated carbocycles. The first-order valence-corrected chi connectivity index (χ1v) is 9.28. The predicted molar refractivity (Wildman–Crippen MR) is 102 cm³/mol. The molecule has 0 saturated heterocycles. The van der Waals surface area contributed by atoms with Crippen molar-refractivity contribution in [3.8, 4) is 5.75 Å². The molecule has 3 rings (SSSR count). The van der Waals surface area contributed by atoms with E-state index in [-0.39, 0.29) is 18.2 Å². The fraction of sp³-hybridized carbons (Fsp3) is 0.455. The summed E-state index contributed by atoms with van der Waals surface area (Å²) in [4.78, 5) is 0. The van der Waals surface area contributed by atoms with Crippen LogP contribution in [0.1, 0.15) is 49.7 Å². The third kappa shape index (κ3) is 4.83. The van der Waals surface area contributed by atoms with Crippen LogP contribution in [0.3, 0.4) is 0 Å². The molecule has 3 N–H and O–H groups in total. The van der Waals surface area contributed by atoms with Gasteiger partial charge in [0, 0.05) is 5.54 Å². The molecule has 0 spiro atoms. The topological polar surface area (TPSA) is 55.5 Å². The molecule has 0 amide bonds. The fourth-order valence-corrected chi connectivity index (χ4v) is 3.70. The van der Waals surface area contributed by atoms with Gasteiger partial charge in [-0.15, -0.1) is 0 Å². The highest BCUT2D eigenvalue weighted by molar-refractivity contribution is 5.27. The number of hydrogen-bond acceptors (Lipinski definition) is 3.